The van der Waals surface area contributed by atoms with Gasteiger partial charge >= 0.3 is 0 Å². The Bertz CT molecular complexity index is 1440. The van der Waals surface area contributed by atoms with Crippen LogP contribution in [0.2, 0.25) is 0 Å². The maximum Gasteiger partial charge on any atom is 0.116 e. The summed E-state index contributed by atoms with van der Waals surface area (Å²) in [7, 11) is 0. The molecule has 0 saturated carbocycles. The van der Waals surface area contributed by atoms with Crippen LogP contribution in [0.15, 0.2) is 83.8 Å². The van der Waals surface area contributed by atoms with Crippen molar-refractivity contribution >= 4 is 33.1 Å². The Labute approximate surface area is 170 Å². The Kier molecular flexibility index (Phi) is 3.61. The van der Waals surface area contributed by atoms with Crippen molar-refractivity contribution in [3.63, 3.8) is 0 Å². The minimum Gasteiger partial charge on any atom is -0.353 e. The average molecular weight is 392 g/mol. The van der Waals surface area contributed by atoms with Crippen LogP contribution in [0.25, 0.3) is 55.4 Å². The summed E-state index contributed by atoms with van der Waals surface area (Å²) in [6, 6.07) is 21.1. The fourth-order valence-electron chi connectivity index (χ4n) is 3.88. The van der Waals surface area contributed by atoms with Crippen LogP contribution in [-0.4, -0.2) is 20.2 Å². The lowest BCUT2D eigenvalue weighted by atomic mass is 10.0. The molecule has 0 aliphatic heterocycles. The summed E-state index contributed by atoms with van der Waals surface area (Å²) in [5, 5.41) is 14.4. The van der Waals surface area contributed by atoms with Crippen LogP contribution in [0.3, 0.4) is 0 Å². The Morgan fingerprint density at radius 3 is 2.66 bits per heavy atom. The normalized spacial score (nSPS) is 11.4. The number of nitrogens with zero attached hydrogens (tertiary/aromatic N) is 2. The molecule has 5 heteroatoms. The van der Waals surface area contributed by atoms with E-state index in [0.29, 0.717) is 0 Å². The van der Waals surface area contributed by atoms with E-state index < -0.39 is 0 Å². The quantitative estimate of drug-likeness (QED) is 0.361. The van der Waals surface area contributed by atoms with Crippen molar-refractivity contribution in [2.45, 2.75) is 0 Å². The molecule has 6 aromatic rings. The van der Waals surface area contributed by atoms with E-state index >= 15 is 0 Å². The summed E-state index contributed by atoms with van der Waals surface area (Å²) in [6.45, 7) is 0. The highest BCUT2D eigenvalue weighted by Gasteiger charge is 2.14. The first-order valence-corrected chi connectivity index (χ1v) is 10.3. The first-order chi connectivity index (χ1) is 14.4. The van der Waals surface area contributed by atoms with Gasteiger partial charge in [0.15, 0.2) is 0 Å². The highest BCUT2D eigenvalue weighted by Crippen LogP contribution is 2.35. The molecule has 0 radical (unpaired) electrons. The molecule has 0 spiro atoms. The molecule has 0 saturated heterocycles. The Hall–Kier alpha value is -3.70. The topological polar surface area (TPSA) is 57.4 Å². The number of rotatable bonds is 3. The SMILES string of the molecule is c1cncc(-c2ccc3[nH]nc(-c4cc5c(-c6ccsc6)cccc5[nH]4)c3c2)c1. The van der Waals surface area contributed by atoms with Gasteiger partial charge in [-0.05, 0) is 63.8 Å². The van der Waals surface area contributed by atoms with Gasteiger partial charge in [-0.2, -0.15) is 16.4 Å². The lowest BCUT2D eigenvalue weighted by Gasteiger charge is -2.01. The van der Waals surface area contributed by atoms with E-state index in [2.05, 4.69) is 85.5 Å². The molecule has 4 nitrogen and oxygen atoms in total. The molecule has 4 heterocycles. The number of thiophene rings is 1. The van der Waals surface area contributed by atoms with Crippen LogP contribution in [0.5, 0.6) is 0 Å². The highest BCUT2D eigenvalue weighted by atomic mass is 32.1. The summed E-state index contributed by atoms with van der Waals surface area (Å²) in [5.41, 5.74) is 8.78. The molecule has 0 bridgehead atoms. The fourth-order valence-corrected chi connectivity index (χ4v) is 4.54. The van der Waals surface area contributed by atoms with Crippen molar-refractivity contribution < 1.29 is 0 Å². The molecule has 0 atom stereocenters. The van der Waals surface area contributed by atoms with E-state index in [9.17, 15) is 0 Å². The lowest BCUT2D eigenvalue weighted by Crippen LogP contribution is -1.81. The molecular formula is C24H16N4S. The van der Waals surface area contributed by atoms with Gasteiger partial charge in [0.05, 0.1) is 11.2 Å². The summed E-state index contributed by atoms with van der Waals surface area (Å²) in [6.07, 6.45) is 3.68. The molecule has 0 fully saturated rings. The second-order valence-electron chi connectivity index (χ2n) is 7.04. The number of aromatic amines is 2. The Balaban J connectivity index is 1.53. The molecule has 138 valence electrons. The first kappa shape index (κ1) is 16.3. The van der Waals surface area contributed by atoms with Gasteiger partial charge in [-0.25, -0.2) is 0 Å². The van der Waals surface area contributed by atoms with Crippen LogP contribution in [0.1, 0.15) is 0 Å². The summed E-state index contributed by atoms with van der Waals surface area (Å²) < 4.78 is 0. The predicted molar refractivity (Wildman–Crippen MR) is 120 cm³/mol. The zero-order chi connectivity index (χ0) is 19.2. The van der Waals surface area contributed by atoms with Crippen LogP contribution in [0.4, 0.5) is 0 Å². The average Bonchev–Trinajstić information content (AvgIpc) is 3.52. The van der Waals surface area contributed by atoms with Crippen molar-refractivity contribution in [2.75, 3.05) is 0 Å². The van der Waals surface area contributed by atoms with Gasteiger partial charge < -0.3 is 4.98 Å². The number of hydrogen-bond acceptors (Lipinski definition) is 3. The van der Waals surface area contributed by atoms with Crippen molar-refractivity contribution in [3.8, 4) is 33.6 Å². The van der Waals surface area contributed by atoms with Gasteiger partial charge in [0.25, 0.3) is 0 Å². The lowest BCUT2D eigenvalue weighted by molar-refractivity contribution is 1.12. The molecule has 4 aromatic heterocycles. The number of benzene rings is 2. The minimum atomic E-state index is 0.929. The summed E-state index contributed by atoms with van der Waals surface area (Å²) >= 11 is 1.72. The zero-order valence-electron chi connectivity index (χ0n) is 15.4. The van der Waals surface area contributed by atoms with Crippen molar-refractivity contribution in [2.24, 2.45) is 0 Å². The van der Waals surface area contributed by atoms with Gasteiger partial charge in [0.1, 0.15) is 5.69 Å². The van der Waals surface area contributed by atoms with Gasteiger partial charge in [-0.3, -0.25) is 10.1 Å². The van der Waals surface area contributed by atoms with E-state index in [1.54, 1.807) is 17.5 Å². The first-order valence-electron chi connectivity index (χ1n) is 9.40. The highest BCUT2D eigenvalue weighted by molar-refractivity contribution is 7.08. The zero-order valence-corrected chi connectivity index (χ0v) is 16.2. The second-order valence-corrected chi connectivity index (χ2v) is 7.82. The van der Waals surface area contributed by atoms with Crippen LogP contribution >= 0.6 is 11.3 Å². The molecule has 0 amide bonds. The summed E-state index contributed by atoms with van der Waals surface area (Å²) in [4.78, 5) is 7.80. The third kappa shape index (κ3) is 2.67. The maximum atomic E-state index is 4.62. The molecule has 2 aromatic carbocycles. The van der Waals surface area contributed by atoms with Crippen molar-refractivity contribution in [3.05, 3.63) is 83.8 Å². The van der Waals surface area contributed by atoms with E-state index in [0.717, 1.165) is 38.9 Å². The third-order valence-corrected chi connectivity index (χ3v) is 5.99. The van der Waals surface area contributed by atoms with Crippen LogP contribution < -0.4 is 0 Å². The summed E-state index contributed by atoms with van der Waals surface area (Å²) in [5.74, 6) is 0. The van der Waals surface area contributed by atoms with Crippen LogP contribution in [-0.2, 0) is 0 Å². The predicted octanol–water partition coefficient (Wildman–Crippen LogP) is 6.50. The molecule has 6 rings (SSSR count). The number of nitrogens with one attached hydrogen (secondary N) is 2. The Morgan fingerprint density at radius 2 is 1.79 bits per heavy atom. The van der Waals surface area contributed by atoms with Crippen LogP contribution in [0, 0.1) is 0 Å². The largest absolute Gasteiger partial charge is 0.353 e. The molecule has 0 aliphatic carbocycles. The van der Waals surface area contributed by atoms with Gasteiger partial charge in [0, 0.05) is 34.2 Å². The van der Waals surface area contributed by atoms with E-state index in [-0.39, 0.29) is 0 Å². The monoisotopic (exact) mass is 392 g/mol. The third-order valence-electron chi connectivity index (χ3n) is 5.31. The second kappa shape index (κ2) is 6.43. The molecule has 0 unspecified atom stereocenters. The fraction of sp³-hybridized carbons (Fsp3) is 0. The Morgan fingerprint density at radius 1 is 0.793 bits per heavy atom. The van der Waals surface area contributed by atoms with Gasteiger partial charge in [0.2, 0.25) is 0 Å². The molecule has 29 heavy (non-hydrogen) atoms. The number of hydrogen-bond donors (Lipinski definition) is 2. The van der Waals surface area contributed by atoms with Crippen molar-refractivity contribution in [1.29, 1.82) is 0 Å². The maximum absolute atomic E-state index is 4.62. The van der Waals surface area contributed by atoms with Gasteiger partial charge in [-0.15, -0.1) is 0 Å². The van der Waals surface area contributed by atoms with E-state index in [1.165, 1.54) is 16.5 Å². The van der Waals surface area contributed by atoms with Crippen molar-refractivity contribution in [1.82, 2.24) is 20.2 Å². The molecule has 0 aliphatic rings. The standard InChI is InChI=1S/C24H16N4S/c1-4-18(17-8-10-29-14-17)19-12-23(26-21(19)5-1)24-20-11-15(6-7-22(20)27-28-24)16-3-2-9-25-13-16/h1-14,26H,(H,27,28). The smallest absolute Gasteiger partial charge is 0.116 e. The molecule has 2 N–H and O–H groups in total. The minimum absolute atomic E-state index is 0.929. The van der Waals surface area contributed by atoms with E-state index in [4.69, 9.17) is 0 Å². The number of H-pyrrole nitrogens is 2. The van der Waals surface area contributed by atoms with Gasteiger partial charge in [-0.1, -0.05) is 24.3 Å². The number of pyridine rings is 1. The number of fused-ring (bicyclic) bond motifs is 2. The van der Waals surface area contributed by atoms with E-state index in [1.807, 2.05) is 12.3 Å². The molecular weight excluding hydrogens is 376 g/mol. The number of aromatic nitrogens is 4.